The van der Waals surface area contributed by atoms with Gasteiger partial charge in [-0.2, -0.15) is 0 Å². The first kappa shape index (κ1) is 12.7. The van der Waals surface area contributed by atoms with Gasteiger partial charge in [-0.1, -0.05) is 23.1 Å². The third-order valence-electron chi connectivity index (χ3n) is 1.65. The minimum atomic E-state index is -0.193. The van der Waals surface area contributed by atoms with Crippen molar-refractivity contribution in [3.63, 3.8) is 0 Å². The van der Waals surface area contributed by atoms with Crippen molar-refractivity contribution in [2.75, 3.05) is 39.0 Å². The number of methoxy groups -OCH3 is 2. The number of aromatic nitrogens is 2. The topological polar surface area (TPSA) is 47.5 Å². The van der Waals surface area contributed by atoms with Crippen LogP contribution in [0.15, 0.2) is 4.34 Å². The predicted molar refractivity (Wildman–Crippen MR) is 62.8 cm³/mol. The lowest BCUT2D eigenvalue weighted by Crippen LogP contribution is -2.15. The second-order valence-electron chi connectivity index (χ2n) is 2.96. The lowest BCUT2D eigenvalue weighted by atomic mass is 10.7. The number of hydrogen-bond acceptors (Lipinski definition) is 7. The highest BCUT2D eigenvalue weighted by Crippen LogP contribution is 2.27. The molecule has 0 aliphatic rings. The van der Waals surface area contributed by atoms with Gasteiger partial charge in [-0.05, 0) is 0 Å². The van der Waals surface area contributed by atoms with Gasteiger partial charge in [0.05, 0.1) is 5.75 Å². The summed E-state index contributed by atoms with van der Waals surface area (Å²) in [5.41, 5.74) is 0. The smallest absolute Gasteiger partial charge is 0.208 e. The van der Waals surface area contributed by atoms with E-state index in [9.17, 15) is 0 Å². The Labute approximate surface area is 97.8 Å². The fourth-order valence-electron chi connectivity index (χ4n) is 0.813. The van der Waals surface area contributed by atoms with Gasteiger partial charge >= 0.3 is 0 Å². The third kappa shape index (κ3) is 3.94. The summed E-state index contributed by atoms with van der Waals surface area (Å²) in [7, 11) is 7.14. The van der Waals surface area contributed by atoms with Crippen LogP contribution in [0.25, 0.3) is 0 Å². The van der Waals surface area contributed by atoms with E-state index < -0.39 is 0 Å². The largest absolute Gasteiger partial charge is 0.355 e. The number of thioether (sulfide) groups is 1. The standard InChI is InChI=1S/C8H15N3O2S2/c1-11(2)7-9-10-8(15-7)14-5-6(12-3)13-4/h6H,5H2,1-4H3. The first-order valence-corrected chi connectivity index (χ1v) is 6.16. The molecule has 0 bridgehead atoms. The molecule has 0 unspecified atom stereocenters. The van der Waals surface area contributed by atoms with Crippen LogP contribution in [-0.4, -0.2) is 50.6 Å². The normalized spacial score (nSPS) is 11.0. The summed E-state index contributed by atoms with van der Waals surface area (Å²) in [4.78, 5) is 1.94. The number of rotatable bonds is 6. The van der Waals surface area contributed by atoms with Crippen molar-refractivity contribution in [1.29, 1.82) is 0 Å². The van der Waals surface area contributed by atoms with Crippen LogP contribution in [0.5, 0.6) is 0 Å². The van der Waals surface area contributed by atoms with E-state index in [4.69, 9.17) is 9.47 Å². The molecule has 7 heteroatoms. The summed E-state index contributed by atoms with van der Waals surface area (Å²) in [5, 5.41) is 9.00. The Morgan fingerprint density at radius 3 is 2.47 bits per heavy atom. The molecule has 86 valence electrons. The van der Waals surface area contributed by atoms with Gasteiger partial charge in [0.2, 0.25) is 5.13 Å². The van der Waals surface area contributed by atoms with E-state index in [0.29, 0.717) is 0 Å². The Balaban J connectivity index is 2.43. The van der Waals surface area contributed by atoms with Gasteiger partial charge in [-0.25, -0.2) is 0 Å². The molecule has 0 aliphatic carbocycles. The van der Waals surface area contributed by atoms with Gasteiger partial charge in [0, 0.05) is 28.3 Å². The summed E-state index contributed by atoms with van der Waals surface area (Å²) in [6, 6.07) is 0. The van der Waals surface area contributed by atoms with Crippen molar-refractivity contribution < 1.29 is 9.47 Å². The van der Waals surface area contributed by atoms with Crippen molar-refractivity contribution in [2.45, 2.75) is 10.6 Å². The quantitative estimate of drug-likeness (QED) is 0.560. The van der Waals surface area contributed by atoms with Crippen molar-refractivity contribution in [2.24, 2.45) is 0 Å². The van der Waals surface area contributed by atoms with Gasteiger partial charge in [0.25, 0.3) is 0 Å². The zero-order valence-corrected chi connectivity index (χ0v) is 10.9. The molecule has 0 amide bonds. The Morgan fingerprint density at radius 1 is 1.33 bits per heavy atom. The summed E-state index contributed by atoms with van der Waals surface area (Å²) < 4.78 is 11.1. The van der Waals surface area contributed by atoms with Gasteiger partial charge in [-0.3, -0.25) is 0 Å². The van der Waals surface area contributed by atoms with E-state index in [-0.39, 0.29) is 6.29 Å². The minimum Gasteiger partial charge on any atom is -0.355 e. The second kappa shape index (κ2) is 6.26. The van der Waals surface area contributed by atoms with Crippen LogP contribution < -0.4 is 4.90 Å². The average Bonchev–Trinajstić information content (AvgIpc) is 2.68. The van der Waals surface area contributed by atoms with Crippen LogP contribution in [0.1, 0.15) is 0 Å². The van der Waals surface area contributed by atoms with Crippen molar-refractivity contribution in [3.8, 4) is 0 Å². The molecule has 1 heterocycles. The number of ether oxygens (including phenoxy) is 2. The van der Waals surface area contributed by atoms with E-state index >= 15 is 0 Å². The molecule has 0 atom stereocenters. The maximum absolute atomic E-state index is 5.08. The van der Waals surface area contributed by atoms with Crippen LogP contribution >= 0.6 is 23.1 Å². The van der Waals surface area contributed by atoms with Crippen LogP contribution in [0.3, 0.4) is 0 Å². The maximum atomic E-state index is 5.08. The molecular formula is C8H15N3O2S2. The second-order valence-corrected chi connectivity index (χ2v) is 5.18. The average molecular weight is 249 g/mol. The predicted octanol–water partition coefficient (Wildman–Crippen LogP) is 1.32. The molecule has 0 radical (unpaired) electrons. The lowest BCUT2D eigenvalue weighted by molar-refractivity contribution is -0.0842. The van der Waals surface area contributed by atoms with Gasteiger partial charge in [-0.15, -0.1) is 10.2 Å². The molecule has 5 nitrogen and oxygen atoms in total. The van der Waals surface area contributed by atoms with Gasteiger partial charge in [0.1, 0.15) is 0 Å². The first-order valence-electron chi connectivity index (χ1n) is 4.36. The van der Waals surface area contributed by atoms with Gasteiger partial charge < -0.3 is 14.4 Å². The lowest BCUT2D eigenvalue weighted by Gasteiger charge is -2.10. The van der Waals surface area contributed by atoms with Crippen molar-refractivity contribution in [1.82, 2.24) is 10.2 Å². The van der Waals surface area contributed by atoms with E-state index in [1.165, 1.54) is 0 Å². The summed E-state index contributed by atoms with van der Waals surface area (Å²) in [6.07, 6.45) is -0.193. The van der Waals surface area contributed by atoms with Crippen LogP contribution in [0.4, 0.5) is 5.13 Å². The van der Waals surface area contributed by atoms with Crippen molar-refractivity contribution in [3.05, 3.63) is 0 Å². The minimum absolute atomic E-state index is 0.193. The summed E-state index contributed by atoms with van der Waals surface area (Å²) >= 11 is 3.14. The highest BCUT2D eigenvalue weighted by molar-refractivity contribution is 8.01. The van der Waals surface area contributed by atoms with E-state index in [0.717, 1.165) is 15.2 Å². The van der Waals surface area contributed by atoms with Crippen molar-refractivity contribution >= 4 is 28.2 Å². The molecule has 0 saturated carbocycles. The molecule has 0 N–H and O–H groups in total. The molecule has 0 fully saturated rings. The molecule has 0 saturated heterocycles. The number of anilines is 1. The van der Waals surface area contributed by atoms with E-state index in [2.05, 4.69) is 10.2 Å². The highest BCUT2D eigenvalue weighted by atomic mass is 32.2. The SMILES string of the molecule is COC(CSc1nnc(N(C)C)s1)OC. The number of nitrogens with zero attached hydrogens (tertiary/aromatic N) is 3. The Bertz CT molecular complexity index is 289. The van der Waals surface area contributed by atoms with Gasteiger partial charge in [0.15, 0.2) is 10.6 Å². The monoisotopic (exact) mass is 249 g/mol. The molecule has 1 aromatic heterocycles. The third-order valence-corrected chi connectivity index (χ3v) is 3.90. The Kier molecular flexibility index (Phi) is 5.30. The molecule has 0 spiro atoms. The van der Waals surface area contributed by atoms with Crippen LogP contribution in [0.2, 0.25) is 0 Å². The fourth-order valence-corrected chi connectivity index (χ4v) is 2.63. The number of hydrogen-bond donors (Lipinski definition) is 0. The van der Waals surface area contributed by atoms with Crippen LogP contribution in [0, 0.1) is 0 Å². The summed E-state index contributed by atoms with van der Waals surface area (Å²) in [6.45, 7) is 0. The van der Waals surface area contributed by atoms with E-state index in [1.807, 2.05) is 19.0 Å². The summed E-state index contributed by atoms with van der Waals surface area (Å²) in [5.74, 6) is 0.717. The maximum Gasteiger partial charge on any atom is 0.208 e. The molecule has 0 aliphatic heterocycles. The molecular weight excluding hydrogens is 234 g/mol. The Hall–Kier alpha value is -0.370. The first-order chi connectivity index (χ1) is 7.17. The zero-order valence-electron chi connectivity index (χ0n) is 9.26. The Morgan fingerprint density at radius 2 is 2.00 bits per heavy atom. The highest BCUT2D eigenvalue weighted by Gasteiger charge is 2.10. The molecule has 1 aromatic rings. The molecule has 1 rings (SSSR count). The van der Waals surface area contributed by atoms with E-state index in [1.54, 1.807) is 37.3 Å². The van der Waals surface area contributed by atoms with Crippen LogP contribution in [-0.2, 0) is 9.47 Å². The molecule has 0 aromatic carbocycles. The molecule has 15 heavy (non-hydrogen) atoms. The zero-order chi connectivity index (χ0) is 11.3. The fraction of sp³-hybridized carbons (Fsp3) is 0.750.